The number of likely N-dealkylation sites (N-methyl/N-ethyl adjacent to an activating group) is 1. The fraction of sp³-hybridized carbons (Fsp3) is 0.143. The predicted octanol–water partition coefficient (Wildman–Crippen LogP) is 7.92. The minimum absolute atomic E-state index is 0.314. The number of hydrogen-bond acceptors (Lipinski definition) is 6. The molecule has 0 aliphatic carbocycles. The van der Waals surface area contributed by atoms with Gasteiger partial charge in [-0.1, -0.05) is 97.1 Å². The lowest BCUT2D eigenvalue weighted by atomic mass is 10.0. The first-order valence-corrected chi connectivity index (χ1v) is 17.7. The summed E-state index contributed by atoms with van der Waals surface area (Å²) in [6, 6.07) is 38.8. The van der Waals surface area contributed by atoms with Crippen LogP contribution in [0.1, 0.15) is 29.4 Å². The monoisotopic (exact) mass is 606 g/mol. The zero-order valence-corrected chi connectivity index (χ0v) is 25.7. The van der Waals surface area contributed by atoms with Gasteiger partial charge in [-0.25, -0.2) is 5.01 Å². The zero-order valence-electron chi connectivity index (χ0n) is 24.0. The fourth-order valence-corrected chi connectivity index (χ4v) is 11.7. The van der Waals surface area contributed by atoms with Gasteiger partial charge in [0.1, 0.15) is 11.5 Å². The standard InChI is InChI=1S/C35H32N2O4P2/c1-24(42(38)33-17-9-5-13-29(33)27-11-3-7-15-31(27)40-42)25-19-21-26(22-20-25)35(23-37(2)36)43(39)34-18-10-6-14-30(34)28-12-4-8-16-32(28)41-43/h3-22,24,35H,23,36H2,1-2H3. The van der Waals surface area contributed by atoms with Gasteiger partial charge in [0.25, 0.3) is 14.7 Å². The number of fused-ring (bicyclic) bond motifs is 6. The lowest BCUT2D eigenvalue weighted by molar-refractivity contribution is 0.338. The van der Waals surface area contributed by atoms with E-state index in [9.17, 15) is 4.57 Å². The maximum atomic E-state index is 15.1. The summed E-state index contributed by atoms with van der Waals surface area (Å²) < 4.78 is 42.6. The maximum Gasteiger partial charge on any atom is 0.286 e. The van der Waals surface area contributed by atoms with Gasteiger partial charge >= 0.3 is 0 Å². The van der Waals surface area contributed by atoms with Crippen LogP contribution in [-0.2, 0) is 9.13 Å². The number of hydrogen-bond donors (Lipinski definition) is 1. The lowest BCUT2D eigenvalue weighted by Gasteiger charge is -2.35. The highest BCUT2D eigenvalue weighted by Crippen LogP contribution is 2.65. The van der Waals surface area contributed by atoms with Crippen molar-refractivity contribution in [2.75, 3.05) is 13.6 Å². The van der Waals surface area contributed by atoms with Crippen LogP contribution in [0.4, 0.5) is 0 Å². The second kappa shape index (κ2) is 10.7. The largest absolute Gasteiger partial charge is 0.439 e. The van der Waals surface area contributed by atoms with Gasteiger partial charge in [0.05, 0.1) is 21.9 Å². The SMILES string of the molecule is CC(c1ccc(C(CN(C)N)P2(=O)Oc3ccccc3-c3ccccc32)cc1)P1(=O)Oc2ccccc2-c2ccccc21. The molecule has 2 N–H and O–H groups in total. The lowest BCUT2D eigenvalue weighted by Crippen LogP contribution is -2.34. The zero-order chi connectivity index (χ0) is 29.8. The van der Waals surface area contributed by atoms with Gasteiger partial charge in [0.2, 0.25) is 0 Å². The minimum atomic E-state index is -3.48. The maximum absolute atomic E-state index is 15.1. The van der Waals surface area contributed by atoms with Gasteiger partial charge in [-0.15, -0.1) is 0 Å². The van der Waals surface area contributed by atoms with Crippen LogP contribution >= 0.6 is 14.7 Å². The summed E-state index contributed by atoms with van der Waals surface area (Å²) in [5.74, 6) is 7.42. The molecule has 4 unspecified atom stereocenters. The van der Waals surface area contributed by atoms with Crippen LogP contribution in [0.5, 0.6) is 11.5 Å². The van der Waals surface area contributed by atoms with E-state index in [1.807, 2.05) is 128 Å². The summed E-state index contributed by atoms with van der Waals surface area (Å²) in [6.07, 6.45) is 0. The topological polar surface area (TPSA) is 81.9 Å². The van der Waals surface area contributed by atoms with E-state index < -0.39 is 26.1 Å². The number of hydrazine groups is 1. The van der Waals surface area contributed by atoms with E-state index in [1.165, 1.54) is 0 Å². The molecule has 0 aromatic heterocycles. The van der Waals surface area contributed by atoms with E-state index in [0.29, 0.717) is 23.3 Å². The van der Waals surface area contributed by atoms with Gasteiger partial charge in [-0.05, 0) is 53.4 Å². The molecule has 8 heteroatoms. The molecular weight excluding hydrogens is 574 g/mol. The number of benzene rings is 5. The Kier molecular flexibility index (Phi) is 6.91. The molecular formula is C35H32N2O4P2. The number of rotatable bonds is 6. The molecule has 2 heterocycles. The summed E-state index contributed by atoms with van der Waals surface area (Å²) in [4.78, 5) is 0. The Balaban J connectivity index is 1.27. The molecule has 0 bridgehead atoms. The van der Waals surface area contributed by atoms with E-state index in [1.54, 1.807) is 12.1 Å². The van der Waals surface area contributed by atoms with Gasteiger partial charge < -0.3 is 9.05 Å². The third-order valence-electron chi connectivity index (χ3n) is 8.49. The third-order valence-corrected chi connectivity index (χ3v) is 14.1. The first kappa shape index (κ1) is 27.9. The minimum Gasteiger partial charge on any atom is -0.439 e. The van der Waals surface area contributed by atoms with Crippen LogP contribution < -0.4 is 25.5 Å². The summed E-state index contributed by atoms with van der Waals surface area (Å²) >= 11 is 0. The van der Waals surface area contributed by atoms with Gasteiger partial charge in [-0.2, -0.15) is 0 Å². The molecule has 216 valence electrons. The molecule has 0 saturated carbocycles. The first-order chi connectivity index (χ1) is 20.8. The molecule has 5 aromatic carbocycles. The van der Waals surface area contributed by atoms with Gasteiger partial charge in [0, 0.05) is 24.7 Å². The van der Waals surface area contributed by atoms with Crippen LogP contribution in [0.25, 0.3) is 22.3 Å². The number of nitrogens with two attached hydrogens (primary N) is 1. The molecule has 43 heavy (non-hydrogen) atoms. The third kappa shape index (κ3) is 4.58. The van der Waals surface area contributed by atoms with Crippen molar-refractivity contribution in [2.24, 2.45) is 5.84 Å². The number of nitrogens with zero attached hydrogens (tertiary/aromatic N) is 1. The second-order valence-electron chi connectivity index (χ2n) is 11.2. The highest BCUT2D eigenvalue weighted by molar-refractivity contribution is 7.68. The van der Waals surface area contributed by atoms with Crippen molar-refractivity contribution in [3.05, 3.63) is 132 Å². The summed E-state index contributed by atoms with van der Waals surface area (Å²) in [7, 11) is -5.05. The Bertz CT molecular complexity index is 1940. The molecule has 4 atom stereocenters. The average Bonchev–Trinajstić information content (AvgIpc) is 3.03. The van der Waals surface area contributed by atoms with E-state index in [0.717, 1.165) is 38.7 Å². The highest BCUT2D eigenvalue weighted by atomic mass is 31.2. The van der Waals surface area contributed by atoms with Gasteiger partial charge in [0.15, 0.2) is 0 Å². The van der Waals surface area contributed by atoms with Crippen molar-refractivity contribution >= 4 is 25.3 Å². The predicted molar refractivity (Wildman–Crippen MR) is 174 cm³/mol. The summed E-state index contributed by atoms with van der Waals surface area (Å²) in [5, 5.41) is 2.96. The van der Waals surface area contributed by atoms with Crippen molar-refractivity contribution < 1.29 is 18.2 Å². The highest BCUT2D eigenvalue weighted by Gasteiger charge is 2.45. The fourth-order valence-electron chi connectivity index (χ4n) is 6.27. The van der Waals surface area contributed by atoms with E-state index in [-0.39, 0.29) is 0 Å². The quantitative estimate of drug-likeness (QED) is 0.120. The Hall–Kier alpha value is -3.92. The van der Waals surface area contributed by atoms with Crippen molar-refractivity contribution in [3.63, 3.8) is 0 Å². The van der Waals surface area contributed by atoms with Crippen LogP contribution in [0.3, 0.4) is 0 Å². The smallest absolute Gasteiger partial charge is 0.286 e. The van der Waals surface area contributed by atoms with E-state index in [4.69, 9.17) is 14.9 Å². The van der Waals surface area contributed by atoms with Crippen molar-refractivity contribution in [1.82, 2.24) is 5.01 Å². The first-order valence-electron chi connectivity index (χ1n) is 14.3. The van der Waals surface area contributed by atoms with E-state index in [2.05, 4.69) is 0 Å². The molecule has 5 aromatic rings. The Labute approximate surface area is 252 Å². The molecule has 0 amide bonds. The van der Waals surface area contributed by atoms with Crippen molar-refractivity contribution in [1.29, 1.82) is 0 Å². The Morgan fingerprint density at radius 1 is 0.605 bits per heavy atom. The average molecular weight is 607 g/mol. The van der Waals surface area contributed by atoms with Crippen molar-refractivity contribution in [2.45, 2.75) is 18.2 Å². The molecule has 0 radical (unpaired) electrons. The molecule has 0 fully saturated rings. The van der Waals surface area contributed by atoms with Crippen LogP contribution in [-0.4, -0.2) is 18.6 Å². The number of para-hydroxylation sites is 2. The van der Waals surface area contributed by atoms with Gasteiger partial charge in [-0.3, -0.25) is 15.0 Å². The molecule has 2 aliphatic rings. The molecule has 0 spiro atoms. The molecule has 2 aliphatic heterocycles. The van der Waals surface area contributed by atoms with Crippen LogP contribution in [0.2, 0.25) is 0 Å². The molecule has 0 saturated heterocycles. The van der Waals surface area contributed by atoms with Crippen LogP contribution in [0, 0.1) is 0 Å². The summed E-state index contributed by atoms with van der Waals surface area (Å²) in [6.45, 7) is 2.26. The van der Waals surface area contributed by atoms with Crippen molar-refractivity contribution in [3.8, 4) is 33.8 Å². The second-order valence-corrected chi connectivity index (χ2v) is 16.3. The van der Waals surface area contributed by atoms with Crippen LogP contribution in [0.15, 0.2) is 121 Å². The Morgan fingerprint density at radius 3 is 1.56 bits per heavy atom. The molecule has 6 nitrogen and oxygen atoms in total. The normalized spacial score (nSPS) is 21.3. The Morgan fingerprint density at radius 2 is 1.02 bits per heavy atom. The summed E-state index contributed by atoms with van der Waals surface area (Å²) in [5.41, 5.74) is 4.47. The van der Waals surface area contributed by atoms with E-state index >= 15 is 4.57 Å². The molecule has 7 rings (SSSR count).